The van der Waals surface area contributed by atoms with Crippen LogP contribution in [-0.4, -0.2) is 11.6 Å². The molecule has 1 aliphatic carbocycles. The van der Waals surface area contributed by atoms with Gasteiger partial charge in [0.1, 0.15) is 5.60 Å². The van der Waals surface area contributed by atoms with Gasteiger partial charge in [-0.25, -0.2) is 0 Å². The molecule has 0 spiro atoms. The summed E-state index contributed by atoms with van der Waals surface area (Å²) in [6, 6.07) is 0. The zero-order chi connectivity index (χ0) is 12.4. The lowest BCUT2D eigenvalue weighted by Crippen LogP contribution is -2.44. The van der Waals surface area contributed by atoms with E-state index in [0.717, 1.165) is 12.8 Å². The summed E-state index contributed by atoms with van der Waals surface area (Å²) in [6.07, 6.45) is 5.73. The van der Waals surface area contributed by atoms with Crippen LogP contribution < -0.4 is 0 Å². The van der Waals surface area contributed by atoms with Gasteiger partial charge in [0.15, 0.2) is 0 Å². The van der Waals surface area contributed by atoms with Crippen LogP contribution >= 0.6 is 0 Å². The number of rotatable bonds is 2. The lowest BCUT2D eigenvalue weighted by atomic mass is 9.76. The zero-order valence-corrected chi connectivity index (χ0v) is 11.4. The van der Waals surface area contributed by atoms with Crippen molar-refractivity contribution >= 4 is 5.97 Å². The summed E-state index contributed by atoms with van der Waals surface area (Å²) in [6.45, 7) is 10.1. The van der Waals surface area contributed by atoms with Crippen molar-refractivity contribution in [2.45, 2.75) is 72.3 Å². The van der Waals surface area contributed by atoms with E-state index in [-0.39, 0.29) is 17.0 Å². The Bertz CT molecular complexity index is 242. The average molecular weight is 226 g/mol. The van der Waals surface area contributed by atoms with Crippen molar-refractivity contribution in [2.24, 2.45) is 11.3 Å². The second kappa shape index (κ2) is 4.77. The van der Waals surface area contributed by atoms with Crippen molar-refractivity contribution in [2.75, 3.05) is 0 Å². The summed E-state index contributed by atoms with van der Waals surface area (Å²) in [5.74, 6) is 0.363. The Hall–Kier alpha value is -0.530. The Kier molecular flexibility index (Phi) is 4.03. The molecule has 1 rings (SSSR count). The van der Waals surface area contributed by atoms with Gasteiger partial charge in [0, 0.05) is 0 Å². The van der Waals surface area contributed by atoms with Crippen LogP contribution in [-0.2, 0) is 9.53 Å². The number of carbonyl (C=O) groups excluding carboxylic acids is 1. The average Bonchev–Trinajstić information content (AvgIpc) is 2.17. The molecule has 0 N–H and O–H groups in total. The second-order valence-electron chi connectivity index (χ2n) is 6.42. The first-order valence-electron chi connectivity index (χ1n) is 6.51. The molecular weight excluding hydrogens is 200 g/mol. The highest BCUT2D eigenvalue weighted by molar-refractivity contribution is 5.75. The van der Waals surface area contributed by atoms with Crippen LogP contribution in [0, 0.1) is 11.3 Å². The van der Waals surface area contributed by atoms with Gasteiger partial charge >= 0.3 is 5.97 Å². The monoisotopic (exact) mass is 226 g/mol. The highest BCUT2D eigenvalue weighted by atomic mass is 16.6. The number of esters is 1. The van der Waals surface area contributed by atoms with E-state index in [9.17, 15) is 4.79 Å². The van der Waals surface area contributed by atoms with E-state index in [0.29, 0.717) is 5.92 Å². The van der Waals surface area contributed by atoms with Gasteiger partial charge in [-0.2, -0.15) is 0 Å². The lowest BCUT2D eigenvalue weighted by molar-refractivity contribution is -0.179. The Morgan fingerprint density at radius 3 is 2.00 bits per heavy atom. The fourth-order valence-corrected chi connectivity index (χ4v) is 2.29. The number of hydrogen-bond donors (Lipinski definition) is 0. The number of carbonyl (C=O) groups is 1. The van der Waals surface area contributed by atoms with Gasteiger partial charge in [-0.15, -0.1) is 0 Å². The summed E-state index contributed by atoms with van der Waals surface area (Å²) < 4.78 is 5.87. The maximum Gasteiger partial charge on any atom is 0.311 e. The number of hydrogen-bond acceptors (Lipinski definition) is 2. The van der Waals surface area contributed by atoms with Crippen molar-refractivity contribution in [3.8, 4) is 0 Å². The van der Waals surface area contributed by atoms with E-state index in [1.807, 2.05) is 20.8 Å². The van der Waals surface area contributed by atoms with Crippen molar-refractivity contribution in [3.63, 3.8) is 0 Å². The van der Waals surface area contributed by atoms with Crippen LogP contribution in [0.2, 0.25) is 0 Å². The van der Waals surface area contributed by atoms with Gasteiger partial charge < -0.3 is 4.74 Å². The summed E-state index contributed by atoms with van der Waals surface area (Å²) in [5.41, 5.74) is -0.581. The molecule has 2 nitrogen and oxygen atoms in total. The van der Waals surface area contributed by atoms with E-state index >= 15 is 0 Å². The molecule has 1 saturated carbocycles. The normalized spacial score (nSPS) is 20.9. The molecule has 94 valence electrons. The summed E-state index contributed by atoms with van der Waals surface area (Å²) in [4.78, 5) is 12.0. The van der Waals surface area contributed by atoms with Gasteiger partial charge in [-0.1, -0.05) is 20.3 Å². The van der Waals surface area contributed by atoms with Crippen molar-refractivity contribution in [3.05, 3.63) is 0 Å². The number of ether oxygens (including phenoxy) is 1. The third-order valence-electron chi connectivity index (χ3n) is 3.66. The summed E-state index contributed by atoms with van der Waals surface area (Å²) in [5, 5.41) is 0. The molecule has 0 aromatic rings. The van der Waals surface area contributed by atoms with Crippen LogP contribution in [0.4, 0.5) is 0 Å². The fraction of sp³-hybridized carbons (Fsp3) is 0.929. The third kappa shape index (κ3) is 2.99. The van der Waals surface area contributed by atoms with E-state index in [1.165, 1.54) is 19.3 Å². The maximum absolute atomic E-state index is 12.0. The quantitative estimate of drug-likeness (QED) is 0.667. The first-order valence-corrected chi connectivity index (χ1v) is 6.51. The van der Waals surface area contributed by atoms with Crippen LogP contribution in [0.15, 0.2) is 0 Å². The molecule has 0 radical (unpaired) electrons. The van der Waals surface area contributed by atoms with Crippen molar-refractivity contribution in [1.82, 2.24) is 0 Å². The molecule has 0 bridgehead atoms. The largest absolute Gasteiger partial charge is 0.458 e. The van der Waals surface area contributed by atoms with E-state index in [1.54, 1.807) is 0 Å². The summed E-state index contributed by atoms with van der Waals surface area (Å²) >= 11 is 0. The zero-order valence-electron chi connectivity index (χ0n) is 11.4. The molecule has 2 heteroatoms. The molecular formula is C14H26O2. The predicted octanol–water partition coefficient (Wildman–Crippen LogP) is 3.93. The van der Waals surface area contributed by atoms with Gasteiger partial charge in [-0.05, 0) is 52.4 Å². The molecule has 0 aromatic carbocycles. The first kappa shape index (κ1) is 13.5. The molecule has 16 heavy (non-hydrogen) atoms. The predicted molar refractivity (Wildman–Crippen MR) is 66.2 cm³/mol. The SMILES string of the molecule is CC(C)C1(OC(=O)C(C)(C)C)CCCCC1. The van der Waals surface area contributed by atoms with Gasteiger partial charge in [0.05, 0.1) is 5.41 Å². The smallest absolute Gasteiger partial charge is 0.311 e. The molecule has 1 fully saturated rings. The van der Waals surface area contributed by atoms with E-state index in [2.05, 4.69) is 13.8 Å². The van der Waals surface area contributed by atoms with Crippen LogP contribution in [0.5, 0.6) is 0 Å². The third-order valence-corrected chi connectivity index (χ3v) is 3.66. The standard InChI is InChI=1S/C14H26O2/c1-11(2)14(9-7-6-8-10-14)16-12(15)13(3,4)5/h11H,6-10H2,1-5H3. The molecule has 0 amide bonds. The minimum Gasteiger partial charge on any atom is -0.458 e. The second-order valence-corrected chi connectivity index (χ2v) is 6.42. The molecule has 0 atom stereocenters. The highest BCUT2D eigenvalue weighted by Gasteiger charge is 2.41. The van der Waals surface area contributed by atoms with Crippen LogP contribution in [0.3, 0.4) is 0 Å². The van der Waals surface area contributed by atoms with Crippen LogP contribution in [0.25, 0.3) is 0 Å². The summed E-state index contributed by atoms with van der Waals surface area (Å²) in [7, 11) is 0. The van der Waals surface area contributed by atoms with Crippen molar-refractivity contribution in [1.29, 1.82) is 0 Å². The maximum atomic E-state index is 12.0. The van der Waals surface area contributed by atoms with E-state index < -0.39 is 0 Å². The molecule has 0 unspecified atom stereocenters. The van der Waals surface area contributed by atoms with Crippen molar-refractivity contribution < 1.29 is 9.53 Å². The fourth-order valence-electron chi connectivity index (χ4n) is 2.29. The minimum absolute atomic E-state index is 0.0527. The van der Waals surface area contributed by atoms with E-state index in [4.69, 9.17) is 4.74 Å². The van der Waals surface area contributed by atoms with Gasteiger partial charge in [0.2, 0.25) is 0 Å². The topological polar surface area (TPSA) is 26.3 Å². The van der Waals surface area contributed by atoms with Gasteiger partial charge in [-0.3, -0.25) is 4.79 Å². The Balaban J connectivity index is 2.75. The van der Waals surface area contributed by atoms with Gasteiger partial charge in [0.25, 0.3) is 0 Å². The molecule has 0 aromatic heterocycles. The first-order chi connectivity index (χ1) is 7.28. The molecule has 1 aliphatic rings. The lowest BCUT2D eigenvalue weighted by Gasteiger charge is -2.41. The molecule has 0 saturated heterocycles. The Morgan fingerprint density at radius 1 is 1.12 bits per heavy atom. The minimum atomic E-state index is -0.390. The molecule has 0 heterocycles. The Labute approximate surface area is 99.8 Å². The molecule has 0 aliphatic heterocycles. The van der Waals surface area contributed by atoms with Crippen LogP contribution in [0.1, 0.15) is 66.7 Å². The highest BCUT2D eigenvalue weighted by Crippen LogP contribution is 2.39. The Morgan fingerprint density at radius 2 is 1.62 bits per heavy atom.